The number of nitrogens with zero attached hydrogens (tertiary/aromatic N) is 2. The van der Waals surface area contributed by atoms with E-state index < -0.39 is 5.91 Å². The Balaban J connectivity index is 1.48. The van der Waals surface area contributed by atoms with Gasteiger partial charge in [0.2, 0.25) is 11.8 Å². The minimum absolute atomic E-state index is 0.0551. The SMILES string of the molecule is NC(=O)c1cc(OCc2ccccc2)ccc1CCC(=O)NCCCn1ccnc1. The fraction of sp³-hybridized carbons (Fsp3) is 0.261. The minimum atomic E-state index is -0.532. The van der Waals surface area contributed by atoms with Crippen molar-refractivity contribution in [3.63, 3.8) is 0 Å². The molecule has 3 aromatic rings. The third-order valence-electron chi connectivity index (χ3n) is 4.69. The number of amides is 2. The van der Waals surface area contributed by atoms with Crippen LogP contribution in [0, 0.1) is 0 Å². The van der Waals surface area contributed by atoms with Gasteiger partial charge >= 0.3 is 0 Å². The van der Waals surface area contributed by atoms with Crippen LogP contribution in [0.15, 0.2) is 67.3 Å². The number of carbonyl (C=O) groups excluding carboxylic acids is 2. The molecule has 2 amide bonds. The van der Waals surface area contributed by atoms with Gasteiger partial charge in [0.25, 0.3) is 0 Å². The van der Waals surface area contributed by atoms with Crippen LogP contribution < -0.4 is 15.8 Å². The molecule has 3 rings (SSSR count). The molecule has 0 spiro atoms. The van der Waals surface area contributed by atoms with E-state index in [1.54, 1.807) is 30.7 Å². The van der Waals surface area contributed by atoms with E-state index in [1.165, 1.54) is 0 Å². The van der Waals surface area contributed by atoms with Crippen LogP contribution in [-0.4, -0.2) is 27.9 Å². The summed E-state index contributed by atoms with van der Waals surface area (Å²) in [7, 11) is 0. The maximum Gasteiger partial charge on any atom is 0.249 e. The predicted octanol–water partition coefficient (Wildman–Crippen LogP) is 2.70. The van der Waals surface area contributed by atoms with Crippen molar-refractivity contribution in [2.75, 3.05) is 6.54 Å². The quantitative estimate of drug-likeness (QED) is 0.478. The average molecular weight is 406 g/mol. The summed E-state index contributed by atoms with van der Waals surface area (Å²) < 4.78 is 7.73. The maximum atomic E-state index is 12.1. The molecule has 3 N–H and O–H groups in total. The molecule has 1 aromatic heterocycles. The minimum Gasteiger partial charge on any atom is -0.489 e. The third kappa shape index (κ3) is 6.48. The summed E-state index contributed by atoms with van der Waals surface area (Å²) in [5, 5.41) is 2.90. The summed E-state index contributed by atoms with van der Waals surface area (Å²) in [4.78, 5) is 28.0. The number of aryl methyl sites for hydroxylation is 2. The number of benzene rings is 2. The number of ether oxygens (including phenoxy) is 1. The van der Waals surface area contributed by atoms with Crippen LogP contribution in [0.3, 0.4) is 0 Å². The first-order chi connectivity index (χ1) is 14.6. The zero-order valence-corrected chi connectivity index (χ0v) is 16.8. The van der Waals surface area contributed by atoms with Gasteiger partial charge in [0.15, 0.2) is 0 Å². The molecule has 0 aliphatic carbocycles. The zero-order chi connectivity index (χ0) is 21.2. The van der Waals surface area contributed by atoms with E-state index >= 15 is 0 Å². The Labute approximate surface area is 175 Å². The molecular formula is C23H26N4O3. The number of hydrogen-bond acceptors (Lipinski definition) is 4. The van der Waals surface area contributed by atoms with Gasteiger partial charge in [-0.05, 0) is 36.1 Å². The van der Waals surface area contributed by atoms with Gasteiger partial charge in [-0.25, -0.2) is 4.98 Å². The number of aromatic nitrogens is 2. The molecule has 0 bridgehead atoms. The van der Waals surface area contributed by atoms with E-state index in [4.69, 9.17) is 10.5 Å². The highest BCUT2D eigenvalue weighted by Gasteiger charge is 2.12. The Kier molecular flexibility index (Phi) is 7.60. The molecule has 0 aliphatic heterocycles. The fourth-order valence-electron chi connectivity index (χ4n) is 3.08. The van der Waals surface area contributed by atoms with Crippen molar-refractivity contribution in [3.05, 3.63) is 83.9 Å². The van der Waals surface area contributed by atoms with Crippen LogP contribution in [0.1, 0.15) is 34.3 Å². The lowest BCUT2D eigenvalue weighted by Gasteiger charge is -2.11. The lowest BCUT2D eigenvalue weighted by Crippen LogP contribution is -2.25. The van der Waals surface area contributed by atoms with Crippen molar-refractivity contribution in [1.29, 1.82) is 0 Å². The summed E-state index contributed by atoms with van der Waals surface area (Å²) in [6.07, 6.45) is 6.91. The Morgan fingerprint density at radius 3 is 2.70 bits per heavy atom. The third-order valence-corrected chi connectivity index (χ3v) is 4.69. The molecular weight excluding hydrogens is 380 g/mol. The second-order valence-electron chi connectivity index (χ2n) is 6.96. The van der Waals surface area contributed by atoms with Crippen LogP contribution in [-0.2, 0) is 24.4 Å². The lowest BCUT2D eigenvalue weighted by molar-refractivity contribution is -0.121. The molecule has 7 nitrogen and oxygen atoms in total. The van der Waals surface area contributed by atoms with Gasteiger partial charge in [-0.15, -0.1) is 0 Å². The molecule has 0 saturated heterocycles. The number of carbonyl (C=O) groups is 2. The van der Waals surface area contributed by atoms with Gasteiger partial charge in [-0.2, -0.15) is 0 Å². The summed E-state index contributed by atoms with van der Waals surface area (Å²) >= 11 is 0. The Bertz CT molecular complexity index is 956. The maximum absolute atomic E-state index is 12.1. The Morgan fingerprint density at radius 1 is 1.13 bits per heavy atom. The highest BCUT2D eigenvalue weighted by molar-refractivity contribution is 5.95. The van der Waals surface area contributed by atoms with Gasteiger partial charge in [0.1, 0.15) is 12.4 Å². The molecule has 0 fully saturated rings. The molecule has 0 radical (unpaired) electrons. The van der Waals surface area contributed by atoms with E-state index in [9.17, 15) is 9.59 Å². The van der Waals surface area contributed by atoms with E-state index in [2.05, 4.69) is 10.3 Å². The van der Waals surface area contributed by atoms with Gasteiger partial charge in [0, 0.05) is 37.5 Å². The average Bonchev–Trinajstić information content (AvgIpc) is 3.28. The van der Waals surface area contributed by atoms with Crippen molar-refractivity contribution in [3.8, 4) is 5.75 Å². The number of nitrogens with two attached hydrogens (primary N) is 1. The fourth-order valence-corrected chi connectivity index (χ4v) is 3.08. The highest BCUT2D eigenvalue weighted by Crippen LogP contribution is 2.20. The van der Waals surface area contributed by atoms with Crippen LogP contribution in [0.2, 0.25) is 0 Å². The van der Waals surface area contributed by atoms with E-state index in [0.717, 1.165) is 24.1 Å². The molecule has 0 atom stereocenters. The van der Waals surface area contributed by atoms with Gasteiger partial charge in [-0.3, -0.25) is 9.59 Å². The molecule has 0 unspecified atom stereocenters. The van der Waals surface area contributed by atoms with Gasteiger partial charge < -0.3 is 20.4 Å². The largest absolute Gasteiger partial charge is 0.489 e. The van der Waals surface area contributed by atoms with E-state index in [-0.39, 0.29) is 12.3 Å². The Hall–Kier alpha value is -3.61. The molecule has 156 valence electrons. The number of rotatable bonds is 11. The topological polar surface area (TPSA) is 99.2 Å². The van der Waals surface area contributed by atoms with E-state index in [1.807, 2.05) is 41.1 Å². The van der Waals surface area contributed by atoms with Crippen LogP contribution in [0.25, 0.3) is 0 Å². The monoisotopic (exact) mass is 406 g/mol. The van der Waals surface area contributed by atoms with E-state index in [0.29, 0.717) is 30.9 Å². The van der Waals surface area contributed by atoms with Gasteiger partial charge in [0.05, 0.1) is 6.33 Å². The smallest absolute Gasteiger partial charge is 0.249 e. The zero-order valence-electron chi connectivity index (χ0n) is 16.8. The van der Waals surface area contributed by atoms with Crippen molar-refractivity contribution in [2.45, 2.75) is 32.4 Å². The van der Waals surface area contributed by atoms with Crippen molar-refractivity contribution in [1.82, 2.24) is 14.9 Å². The van der Waals surface area contributed by atoms with Crippen LogP contribution in [0.5, 0.6) is 5.75 Å². The second kappa shape index (κ2) is 10.8. The van der Waals surface area contributed by atoms with Crippen LogP contribution >= 0.6 is 0 Å². The number of nitrogens with one attached hydrogen (secondary N) is 1. The number of hydrogen-bond donors (Lipinski definition) is 2. The summed E-state index contributed by atoms with van der Waals surface area (Å²) in [5.41, 5.74) is 7.70. The molecule has 30 heavy (non-hydrogen) atoms. The van der Waals surface area contributed by atoms with Crippen LogP contribution in [0.4, 0.5) is 0 Å². The molecule has 1 heterocycles. The van der Waals surface area contributed by atoms with Crippen molar-refractivity contribution >= 4 is 11.8 Å². The predicted molar refractivity (Wildman–Crippen MR) is 114 cm³/mol. The van der Waals surface area contributed by atoms with Crippen molar-refractivity contribution < 1.29 is 14.3 Å². The summed E-state index contributed by atoms with van der Waals surface area (Å²) in [6, 6.07) is 15.0. The normalized spacial score (nSPS) is 10.5. The standard InChI is InChI=1S/C23H26N4O3/c24-23(29)21-15-20(30-16-18-5-2-1-3-6-18)9-7-19(21)8-10-22(28)26-11-4-13-27-14-12-25-17-27/h1-3,5-7,9,12,14-15,17H,4,8,10-11,13,16H2,(H2,24,29)(H,26,28). The first-order valence-electron chi connectivity index (χ1n) is 9.94. The molecule has 0 aliphatic rings. The number of imidazole rings is 1. The molecule has 2 aromatic carbocycles. The lowest BCUT2D eigenvalue weighted by atomic mass is 10.0. The first kappa shape index (κ1) is 21.1. The summed E-state index contributed by atoms with van der Waals surface area (Å²) in [6.45, 7) is 1.79. The second-order valence-corrected chi connectivity index (χ2v) is 6.96. The highest BCUT2D eigenvalue weighted by atomic mass is 16.5. The Morgan fingerprint density at radius 2 is 1.97 bits per heavy atom. The first-order valence-corrected chi connectivity index (χ1v) is 9.94. The number of primary amides is 1. The van der Waals surface area contributed by atoms with Crippen molar-refractivity contribution in [2.24, 2.45) is 5.73 Å². The molecule has 0 saturated carbocycles. The molecule has 7 heteroatoms. The van der Waals surface area contributed by atoms with Gasteiger partial charge in [-0.1, -0.05) is 36.4 Å². The summed E-state index contributed by atoms with van der Waals surface area (Å²) in [5.74, 6) is -0.0169.